The van der Waals surface area contributed by atoms with E-state index in [1.807, 2.05) is 4.90 Å². The maximum Gasteiger partial charge on any atom is 0.243 e. The van der Waals surface area contributed by atoms with E-state index in [9.17, 15) is 13.2 Å². The van der Waals surface area contributed by atoms with Crippen LogP contribution in [0, 0.1) is 5.92 Å². The number of carbonyl (C=O) groups excluding carboxylic acids is 1. The monoisotopic (exact) mass is 486 g/mol. The van der Waals surface area contributed by atoms with Gasteiger partial charge in [0.1, 0.15) is 0 Å². The molecule has 0 unspecified atom stereocenters. The lowest BCUT2D eigenvalue weighted by atomic mass is 9.95. The average molecular weight is 487 g/mol. The molecular formula is C25H34N4O4S. The zero-order valence-electron chi connectivity index (χ0n) is 19.7. The van der Waals surface area contributed by atoms with Gasteiger partial charge >= 0.3 is 0 Å². The van der Waals surface area contributed by atoms with Gasteiger partial charge in [0.15, 0.2) is 0 Å². The highest BCUT2D eigenvalue weighted by molar-refractivity contribution is 7.89. The van der Waals surface area contributed by atoms with Crippen LogP contribution in [0.3, 0.4) is 0 Å². The summed E-state index contributed by atoms with van der Waals surface area (Å²) < 4.78 is 32.5. The Kier molecular flexibility index (Phi) is 7.01. The lowest BCUT2D eigenvalue weighted by Gasteiger charge is -2.30. The van der Waals surface area contributed by atoms with Crippen molar-refractivity contribution in [1.29, 1.82) is 0 Å². The van der Waals surface area contributed by atoms with Crippen LogP contribution >= 0.6 is 0 Å². The molecule has 0 spiro atoms. The Hall–Kier alpha value is -2.26. The van der Waals surface area contributed by atoms with Crippen molar-refractivity contribution in [3.05, 3.63) is 30.2 Å². The largest absolute Gasteiger partial charge is 0.343 e. The molecule has 34 heavy (non-hydrogen) atoms. The van der Waals surface area contributed by atoms with Crippen LogP contribution in [0.2, 0.25) is 0 Å². The zero-order valence-corrected chi connectivity index (χ0v) is 20.5. The Labute approximate surface area is 201 Å². The van der Waals surface area contributed by atoms with E-state index in [4.69, 9.17) is 4.52 Å². The van der Waals surface area contributed by atoms with Crippen LogP contribution in [0.25, 0.3) is 11.4 Å². The lowest BCUT2D eigenvalue weighted by Crippen LogP contribution is -2.38. The Balaban J connectivity index is 1.16. The van der Waals surface area contributed by atoms with E-state index in [1.165, 1.54) is 25.7 Å². The van der Waals surface area contributed by atoms with E-state index in [0.29, 0.717) is 36.1 Å². The summed E-state index contributed by atoms with van der Waals surface area (Å²) in [5.74, 6) is 2.24. The fraction of sp³-hybridized carbons (Fsp3) is 0.640. The van der Waals surface area contributed by atoms with E-state index in [1.54, 1.807) is 28.6 Å². The molecule has 1 saturated carbocycles. The molecule has 1 aromatic carbocycles. The molecule has 1 amide bonds. The van der Waals surface area contributed by atoms with Crippen LogP contribution in [-0.2, 0) is 14.8 Å². The third kappa shape index (κ3) is 5.05. The molecule has 1 aliphatic carbocycles. The molecule has 9 heteroatoms. The minimum absolute atomic E-state index is 0.148. The van der Waals surface area contributed by atoms with Gasteiger partial charge in [0.05, 0.1) is 4.90 Å². The number of aromatic nitrogens is 2. The zero-order chi connectivity index (χ0) is 23.5. The number of likely N-dealkylation sites (tertiary alicyclic amines) is 1. The molecule has 2 saturated heterocycles. The first-order valence-electron chi connectivity index (χ1n) is 12.7. The third-order valence-corrected chi connectivity index (χ3v) is 9.61. The second-order valence-electron chi connectivity index (χ2n) is 9.94. The number of nitrogens with zero attached hydrogens (tertiary/aromatic N) is 4. The molecule has 2 aromatic rings. The molecule has 1 aromatic heterocycles. The van der Waals surface area contributed by atoms with Gasteiger partial charge in [-0.25, -0.2) is 8.42 Å². The summed E-state index contributed by atoms with van der Waals surface area (Å²) >= 11 is 0. The molecule has 3 aliphatic rings. The van der Waals surface area contributed by atoms with E-state index in [-0.39, 0.29) is 11.8 Å². The molecule has 0 radical (unpaired) electrons. The number of hydrogen-bond donors (Lipinski definition) is 0. The van der Waals surface area contributed by atoms with Crippen molar-refractivity contribution in [3.8, 4) is 11.4 Å². The van der Waals surface area contributed by atoms with Gasteiger partial charge in [-0.15, -0.1) is 0 Å². The van der Waals surface area contributed by atoms with Gasteiger partial charge in [-0.3, -0.25) is 4.79 Å². The fourth-order valence-electron chi connectivity index (χ4n) is 5.53. The van der Waals surface area contributed by atoms with E-state index < -0.39 is 10.0 Å². The Morgan fingerprint density at radius 2 is 1.62 bits per heavy atom. The Morgan fingerprint density at radius 1 is 0.941 bits per heavy atom. The van der Waals surface area contributed by atoms with Crippen molar-refractivity contribution >= 4 is 15.9 Å². The maximum atomic E-state index is 12.7. The predicted octanol–water partition coefficient (Wildman–Crippen LogP) is 4.20. The molecule has 0 bridgehead atoms. The van der Waals surface area contributed by atoms with Crippen molar-refractivity contribution in [2.75, 3.05) is 26.2 Å². The van der Waals surface area contributed by atoms with E-state index >= 15 is 0 Å². The SMILES string of the molecule is O=C(CCC1CCCC1)N1CCC(c2nc(-c3ccc(S(=O)(=O)N4CCCC4)cc3)no2)CC1. The quantitative estimate of drug-likeness (QED) is 0.582. The first-order chi connectivity index (χ1) is 16.5. The molecule has 8 nitrogen and oxygen atoms in total. The summed E-state index contributed by atoms with van der Waals surface area (Å²) in [5.41, 5.74) is 0.731. The highest BCUT2D eigenvalue weighted by Crippen LogP contribution is 2.31. The van der Waals surface area contributed by atoms with Crippen molar-refractivity contribution in [1.82, 2.24) is 19.3 Å². The number of piperidine rings is 1. The molecule has 3 fully saturated rings. The smallest absolute Gasteiger partial charge is 0.243 e. The summed E-state index contributed by atoms with van der Waals surface area (Å²) in [5, 5.41) is 4.13. The topological polar surface area (TPSA) is 96.6 Å². The highest BCUT2D eigenvalue weighted by atomic mass is 32.2. The lowest BCUT2D eigenvalue weighted by molar-refractivity contribution is -0.132. The van der Waals surface area contributed by atoms with E-state index in [0.717, 1.165) is 56.7 Å². The minimum Gasteiger partial charge on any atom is -0.343 e. The first-order valence-corrected chi connectivity index (χ1v) is 14.2. The average Bonchev–Trinajstić information content (AvgIpc) is 3.65. The Bertz CT molecular complexity index is 1080. The summed E-state index contributed by atoms with van der Waals surface area (Å²) in [6.45, 7) is 2.64. The number of amides is 1. The molecule has 5 rings (SSSR count). The van der Waals surface area contributed by atoms with Gasteiger partial charge in [-0.2, -0.15) is 9.29 Å². The predicted molar refractivity (Wildman–Crippen MR) is 127 cm³/mol. The van der Waals surface area contributed by atoms with Crippen LogP contribution in [0.4, 0.5) is 0 Å². The van der Waals surface area contributed by atoms with Gasteiger partial charge in [0, 0.05) is 44.1 Å². The molecule has 2 aliphatic heterocycles. The number of rotatable bonds is 7. The first kappa shape index (κ1) is 23.5. The summed E-state index contributed by atoms with van der Waals surface area (Å²) in [7, 11) is -3.43. The highest BCUT2D eigenvalue weighted by Gasteiger charge is 2.29. The molecule has 0 N–H and O–H groups in total. The van der Waals surface area contributed by atoms with Crippen molar-refractivity contribution in [2.24, 2.45) is 5.92 Å². The van der Waals surface area contributed by atoms with Gasteiger partial charge < -0.3 is 9.42 Å². The molecule has 0 atom stereocenters. The number of sulfonamides is 1. The standard InChI is InChI=1S/C25H34N4O4S/c30-23(12-7-19-5-1-2-6-19)28-17-13-21(14-18-28)25-26-24(27-33-25)20-8-10-22(11-9-20)34(31,32)29-15-3-4-16-29/h8-11,19,21H,1-7,12-18H2. The Morgan fingerprint density at radius 3 is 2.29 bits per heavy atom. The maximum absolute atomic E-state index is 12.7. The third-order valence-electron chi connectivity index (χ3n) is 7.70. The van der Waals surface area contributed by atoms with Crippen LogP contribution in [0.15, 0.2) is 33.7 Å². The van der Waals surface area contributed by atoms with Crippen molar-refractivity contribution < 1.29 is 17.7 Å². The van der Waals surface area contributed by atoms with Crippen molar-refractivity contribution in [3.63, 3.8) is 0 Å². The summed E-state index contributed by atoms with van der Waals surface area (Å²) in [6.07, 6.45) is 10.4. The number of carbonyl (C=O) groups is 1. The normalized spacial score (nSPS) is 20.9. The van der Waals surface area contributed by atoms with Gasteiger partial charge in [0.2, 0.25) is 27.6 Å². The minimum atomic E-state index is -3.43. The number of hydrogen-bond acceptors (Lipinski definition) is 6. The van der Waals surface area contributed by atoms with E-state index in [2.05, 4.69) is 10.1 Å². The van der Waals surface area contributed by atoms with Crippen LogP contribution < -0.4 is 0 Å². The van der Waals surface area contributed by atoms with Gasteiger partial charge in [-0.1, -0.05) is 30.8 Å². The van der Waals surface area contributed by atoms with Crippen LogP contribution in [-0.4, -0.2) is 59.8 Å². The number of benzene rings is 1. The second kappa shape index (κ2) is 10.2. The molecule has 184 valence electrons. The molecular weight excluding hydrogens is 452 g/mol. The van der Waals surface area contributed by atoms with Gasteiger partial charge in [-0.05, 0) is 62.3 Å². The van der Waals surface area contributed by atoms with Gasteiger partial charge in [0.25, 0.3) is 0 Å². The molecule has 3 heterocycles. The van der Waals surface area contributed by atoms with Crippen LogP contribution in [0.5, 0.6) is 0 Å². The summed E-state index contributed by atoms with van der Waals surface area (Å²) in [4.78, 5) is 19.5. The second-order valence-corrected chi connectivity index (χ2v) is 11.9. The summed E-state index contributed by atoms with van der Waals surface area (Å²) in [6, 6.07) is 6.72. The van der Waals surface area contributed by atoms with Crippen LogP contribution in [0.1, 0.15) is 76.0 Å². The van der Waals surface area contributed by atoms with Crippen molar-refractivity contribution in [2.45, 2.75) is 75.0 Å². The fourth-order valence-corrected chi connectivity index (χ4v) is 7.05.